The average molecular weight is 534 g/mol. The van der Waals surface area contributed by atoms with Crippen LogP contribution in [0.5, 0.6) is 0 Å². The Morgan fingerprint density at radius 1 is 0.850 bits per heavy atom. The van der Waals surface area contributed by atoms with Gasteiger partial charge in [0, 0.05) is 17.9 Å². The molecule has 0 radical (unpaired) electrons. The van der Waals surface area contributed by atoms with Gasteiger partial charge in [0.15, 0.2) is 12.4 Å². The third kappa shape index (κ3) is 3.58. The molecule has 40 heavy (non-hydrogen) atoms. The Labute approximate surface area is 228 Å². The number of amides is 3. The van der Waals surface area contributed by atoms with E-state index in [1.165, 1.54) is 23.1 Å². The molecule has 198 valence electrons. The molecule has 2 heterocycles. The lowest BCUT2D eigenvalue weighted by atomic mass is 9.55. The largest absolute Gasteiger partial charge is 0.452 e. The van der Waals surface area contributed by atoms with E-state index in [-0.39, 0.29) is 35.0 Å². The van der Waals surface area contributed by atoms with Gasteiger partial charge >= 0.3 is 5.97 Å². The van der Waals surface area contributed by atoms with Gasteiger partial charge in [0.2, 0.25) is 11.8 Å². The van der Waals surface area contributed by atoms with E-state index in [1.807, 2.05) is 24.3 Å². The van der Waals surface area contributed by atoms with Crippen LogP contribution in [-0.2, 0) is 19.1 Å². The Morgan fingerprint density at radius 3 is 1.95 bits per heavy atom. The molecule has 4 aromatic rings. The van der Waals surface area contributed by atoms with E-state index in [9.17, 15) is 19.2 Å². The fourth-order valence-electron chi connectivity index (χ4n) is 6.52. The van der Waals surface area contributed by atoms with E-state index in [4.69, 9.17) is 9.26 Å². The molecule has 0 spiro atoms. The van der Waals surface area contributed by atoms with Gasteiger partial charge in [0.25, 0.3) is 5.91 Å². The number of aryl methyl sites for hydroxylation is 1. The number of nitrogens with one attached hydrogen (secondary N) is 1. The summed E-state index contributed by atoms with van der Waals surface area (Å²) in [6.45, 7) is 1.14. The number of benzene rings is 3. The Balaban J connectivity index is 1.15. The van der Waals surface area contributed by atoms with Gasteiger partial charge in [-0.3, -0.25) is 14.4 Å². The number of hydrogen-bond acceptors (Lipinski definition) is 7. The SMILES string of the molecule is Cc1cc(NC(=O)COC(=O)c2cccc(N3C(=O)[C@@H]4C5c6ccccc6C(c6ccccc65)[C@@H]4C3=O)c2)no1. The van der Waals surface area contributed by atoms with Crippen LogP contribution >= 0.6 is 0 Å². The van der Waals surface area contributed by atoms with Crippen molar-refractivity contribution in [2.75, 3.05) is 16.8 Å². The van der Waals surface area contributed by atoms with Gasteiger partial charge in [-0.2, -0.15) is 0 Å². The van der Waals surface area contributed by atoms with Crippen LogP contribution in [0.25, 0.3) is 0 Å². The van der Waals surface area contributed by atoms with Gasteiger partial charge in [0.1, 0.15) is 5.76 Å². The zero-order chi connectivity index (χ0) is 27.5. The highest BCUT2D eigenvalue weighted by molar-refractivity contribution is 6.23. The molecule has 0 unspecified atom stereocenters. The normalized spacial score (nSPS) is 22.0. The van der Waals surface area contributed by atoms with Crippen molar-refractivity contribution >= 4 is 35.2 Å². The van der Waals surface area contributed by atoms with E-state index < -0.39 is 30.3 Å². The number of rotatable bonds is 5. The van der Waals surface area contributed by atoms with Gasteiger partial charge in [-0.05, 0) is 47.4 Å². The number of ether oxygens (including phenoxy) is 1. The minimum absolute atomic E-state index is 0.118. The first kappa shape index (κ1) is 24.0. The number of esters is 1. The van der Waals surface area contributed by atoms with Crippen molar-refractivity contribution in [2.45, 2.75) is 18.8 Å². The number of aromatic nitrogens is 1. The third-order valence-electron chi connectivity index (χ3n) is 8.02. The predicted molar refractivity (Wildman–Crippen MR) is 143 cm³/mol. The zero-order valence-corrected chi connectivity index (χ0v) is 21.4. The van der Waals surface area contributed by atoms with Crippen LogP contribution in [0, 0.1) is 18.8 Å². The lowest BCUT2D eigenvalue weighted by Gasteiger charge is -2.45. The van der Waals surface area contributed by atoms with Crippen LogP contribution in [0.4, 0.5) is 11.5 Å². The van der Waals surface area contributed by atoms with Gasteiger partial charge in [0.05, 0.1) is 23.1 Å². The molecule has 0 saturated carbocycles. The van der Waals surface area contributed by atoms with Crippen molar-refractivity contribution in [1.82, 2.24) is 5.16 Å². The molecule has 9 heteroatoms. The summed E-state index contributed by atoms with van der Waals surface area (Å²) < 4.78 is 10.1. The summed E-state index contributed by atoms with van der Waals surface area (Å²) in [5, 5.41) is 6.14. The molecule has 2 bridgehead atoms. The Kier molecular flexibility index (Phi) is 5.41. The molecule has 2 atom stereocenters. The molecule has 3 amide bonds. The second kappa shape index (κ2) is 9.01. The van der Waals surface area contributed by atoms with Crippen molar-refractivity contribution < 1.29 is 28.4 Å². The number of hydrogen-bond donors (Lipinski definition) is 1. The first-order valence-electron chi connectivity index (χ1n) is 13.0. The molecule has 1 aromatic heterocycles. The molecular weight excluding hydrogens is 510 g/mol. The summed E-state index contributed by atoms with van der Waals surface area (Å²) in [5.74, 6) is -2.65. The van der Waals surface area contributed by atoms with Crippen molar-refractivity contribution in [1.29, 1.82) is 0 Å². The topological polar surface area (TPSA) is 119 Å². The van der Waals surface area contributed by atoms with E-state index in [1.54, 1.807) is 19.1 Å². The smallest absolute Gasteiger partial charge is 0.338 e. The quantitative estimate of drug-likeness (QED) is 0.302. The van der Waals surface area contributed by atoms with Crippen LogP contribution < -0.4 is 10.2 Å². The molecule has 1 N–H and O–H groups in total. The number of anilines is 2. The third-order valence-corrected chi connectivity index (χ3v) is 8.02. The van der Waals surface area contributed by atoms with Crippen LogP contribution in [0.2, 0.25) is 0 Å². The maximum atomic E-state index is 14.0. The Bertz CT molecular complexity index is 1610. The summed E-state index contributed by atoms with van der Waals surface area (Å²) in [4.78, 5) is 54.0. The summed E-state index contributed by atoms with van der Waals surface area (Å²) in [6.07, 6.45) is 0. The van der Waals surface area contributed by atoms with E-state index in [0.717, 1.165) is 22.3 Å². The number of imide groups is 1. The molecule has 3 aliphatic carbocycles. The molecule has 1 saturated heterocycles. The van der Waals surface area contributed by atoms with Crippen molar-refractivity contribution in [3.05, 3.63) is 112 Å². The van der Waals surface area contributed by atoms with Crippen LogP contribution in [0.15, 0.2) is 83.4 Å². The fourth-order valence-corrected chi connectivity index (χ4v) is 6.52. The van der Waals surface area contributed by atoms with Crippen molar-refractivity contribution in [2.24, 2.45) is 11.8 Å². The summed E-state index contributed by atoms with van der Waals surface area (Å²) in [6, 6.07) is 23.8. The predicted octanol–water partition coefficient (Wildman–Crippen LogP) is 4.18. The lowest BCUT2D eigenvalue weighted by Crippen LogP contribution is -2.41. The van der Waals surface area contributed by atoms with Crippen LogP contribution in [-0.4, -0.2) is 35.5 Å². The van der Waals surface area contributed by atoms with E-state index >= 15 is 0 Å². The van der Waals surface area contributed by atoms with Crippen LogP contribution in [0.1, 0.15) is 50.2 Å². The number of carbonyl (C=O) groups is 4. The monoisotopic (exact) mass is 533 g/mol. The molecule has 4 aliphatic rings. The lowest BCUT2D eigenvalue weighted by molar-refractivity contribution is -0.122. The Hall–Kier alpha value is -5.05. The van der Waals surface area contributed by atoms with Crippen molar-refractivity contribution in [3.8, 4) is 0 Å². The summed E-state index contributed by atoms with van der Waals surface area (Å²) in [7, 11) is 0. The maximum Gasteiger partial charge on any atom is 0.338 e. The fraction of sp³-hybridized carbons (Fsp3) is 0.194. The second-order valence-corrected chi connectivity index (χ2v) is 10.3. The van der Waals surface area contributed by atoms with Gasteiger partial charge in [-0.15, -0.1) is 0 Å². The standard InChI is InChI=1S/C31H23N3O6/c1-16-13-23(33-40-16)32-24(35)15-39-31(38)17-7-6-8-18(14-17)34-29(36)27-25-19-9-2-3-10-20(19)26(28(27)30(34)37)22-12-5-4-11-21(22)25/h2-14,25-28H,15H2,1H3,(H,32,33,35)/t25?,26?,27-,28+. The number of nitrogens with zero attached hydrogens (tertiary/aromatic N) is 2. The van der Waals surface area contributed by atoms with Gasteiger partial charge < -0.3 is 14.6 Å². The highest BCUT2D eigenvalue weighted by Gasteiger charge is 2.61. The maximum absolute atomic E-state index is 14.0. The first-order valence-corrected chi connectivity index (χ1v) is 13.0. The molecule has 1 fully saturated rings. The minimum Gasteiger partial charge on any atom is -0.452 e. The van der Waals surface area contributed by atoms with Crippen LogP contribution in [0.3, 0.4) is 0 Å². The summed E-state index contributed by atoms with van der Waals surface area (Å²) in [5.41, 5.74) is 4.78. The van der Waals surface area contributed by atoms with Crippen molar-refractivity contribution in [3.63, 3.8) is 0 Å². The number of carbonyl (C=O) groups excluding carboxylic acids is 4. The highest BCUT2D eigenvalue weighted by Crippen LogP contribution is 2.61. The van der Waals surface area contributed by atoms with Gasteiger partial charge in [-0.1, -0.05) is 59.8 Å². The molecule has 9 nitrogen and oxygen atoms in total. The molecular formula is C31H23N3O6. The van der Waals surface area contributed by atoms with E-state index in [0.29, 0.717) is 11.4 Å². The first-order chi connectivity index (χ1) is 19.4. The second-order valence-electron chi connectivity index (χ2n) is 10.3. The molecule has 3 aromatic carbocycles. The Morgan fingerprint density at radius 2 is 1.43 bits per heavy atom. The zero-order valence-electron chi connectivity index (χ0n) is 21.4. The molecule has 8 rings (SSSR count). The minimum atomic E-state index is -0.760. The van der Waals surface area contributed by atoms with E-state index in [2.05, 4.69) is 34.7 Å². The van der Waals surface area contributed by atoms with Gasteiger partial charge in [-0.25, -0.2) is 9.69 Å². The average Bonchev–Trinajstić information content (AvgIpc) is 3.50. The molecule has 1 aliphatic heterocycles. The summed E-state index contributed by atoms with van der Waals surface area (Å²) >= 11 is 0. The highest BCUT2D eigenvalue weighted by atomic mass is 16.5.